The number of hydrogen-bond donors (Lipinski definition) is 2. The highest BCUT2D eigenvalue weighted by Gasteiger charge is 2.06. The van der Waals surface area contributed by atoms with E-state index in [-0.39, 0.29) is 12.0 Å². The van der Waals surface area contributed by atoms with Crippen LogP contribution in [0.25, 0.3) is 10.9 Å². The van der Waals surface area contributed by atoms with Crippen LogP contribution in [-0.4, -0.2) is 23.5 Å². The smallest absolute Gasteiger partial charge is 0.226 e. The summed E-state index contributed by atoms with van der Waals surface area (Å²) in [7, 11) is 0. The van der Waals surface area contributed by atoms with Crippen LogP contribution >= 0.6 is 0 Å². The van der Waals surface area contributed by atoms with E-state index in [4.69, 9.17) is 4.74 Å². The van der Waals surface area contributed by atoms with Gasteiger partial charge in [-0.2, -0.15) is 0 Å². The number of aromatic nitrogens is 1. The topological polar surface area (TPSA) is 63.2 Å². The van der Waals surface area contributed by atoms with Crippen LogP contribution < -0.4 is 15.4 Å². The van der Waals surface area contributed by atoms with Gasteiger partial charge in [-0.05, 0) is 50.2 Å². The van der Waals surface area contributed by atoms with Gasteiger partial charge in [-0.3, -0.25) is 9.78 Å². The van der Waals surface area contributed by atoms with Crippen molar-refractivity contribution in [1.29, 1.82) is 0 Å². The molecule has 0 fully saturated rings. The first-order valence-electron chi connectivity index (χ1n) is 8.76. The molecule has 5 heteroatoms. The van der Waals surface area contributed by atoms with Gasteiger partial charge in [0, 0.05) is 30.2 Å². The fourth-order valence-electron chi connectivity index (χ4n) is 2.66. The van der Waals surface area contributed by atoms with Gasteiger partial charge in [-0.25, -0.2) is 0 Å². The minimum absolute atomic E-state index is 0.0459. The maximum atomic E-state index is 12.2. The lowest BCUT2D eigenvalue weighted by Crippen LogP contribution is -2.16. The Hall–Kier alpha value is -3.08. The van der Waals surface area contributed by atoms with Gasteiger partial charge >= 0.3 is 0 Å². The predicted molar refractivity (Wildman–Crippen MR) is 106 cm³/mol. The maximum absolute atomic E-state index is 12.2. The summed E-state index contributed by atoms with van der Waals surface area (Å²) < 4.78 is 5.62. The Morgan fingerprint density at radius 1 is 1.08 bits per heavy atom. The van der Waals surface area contributed by atoms with Crippen molar-refractivity contribution in [3.63, 3.8) is 0 Å². The first kappa shape index (κ1) is 17.7. The van der Waals surface area contributed by atoms with Gasteiger partial charge in [-0.1, -0.05) is 18.2 Å². The van der Waals surface area contributed by atoms with Crippen LogP contribution in [0.4, 0.5) is 11.4 Å². The van der Waals surface area contributed by atoms with Crippen molar-refractivity contribution in [2.24, 2.45) is 0 Å². The van der Waals surface area contributed by atoms with Gasteiger partial charge in [0.2, 0.25) is 5.91 Å². The zero-order valence-corrected chi connectivity index (χ0v) is 15.0. The fraction of sp³-hybridized carbons (Fsp3) is 0.238. The van der Waals surface area contributed by atoms with Gasteiger partial charge < -0.3 is 15.4 Å². The molecule has 0 aliphatic heterocycles. The van der Waals surface area contributed by atoms with E-state index in [0.29, 0.717) is 13.0 Å². The average Bonchev–Trinajstić information content (AvgIpc) is 2.63. The predicted octanol–water partition coefficient (Wildman–Crippen LogP) is 4.46. The van der Waals surface area contributed by atoms with Gasteiger partial charge in [0.25, 0.3) is 0 Å². The van der Waals surface area contributed by atoms with E-state index in [2.05, 4.69) is 15.6 Å². The lowest BCUT2D eigenvalue weighted by Gasteiger charge is -2.11. The number of pyridine rings is 1. The number of hydrogen-bond acceptors (Lipinski definition) is 4. The molecule has 0 spiro atoms. The quantitative estimate of drug-likeness (QED) is 0.661. The van der Waals surface area contributed by atoms with Gasteiger partial charge in [0.15, 0.2) is 0 Å². The van der Waals surface area contributed by atoms with E-state index in [1.807, 2.05) is 68.4 Å². The monoisotopic (exact) mass is 349 g/mol. The highest BCUT2D eigenvalue weighted by molar-refractivity contribution is 6.00. The third-order valence-corrected chi connectivity index (χ3v) is 3.81. The number of anilines is 2. The van der Waals surface area contributed by atoms with Crippen LogP contribution in [0.5, 0.6) is 5.75 Å². The second-order valence-electron chi connectivity index (χ2n) is 6.30. The summed E-state index contributed by atoms with van der Waals surface area (Å²) in [5.41, 5.74) is 2.50. The number of benzene rings is 2. The number of fused-ring (bicyclic) bond motifs is 1. The molecule has 2 N–H and O–H groups in total. The molecule has 1 heterocycles. The molecule has 0 unspecified atom stereocenters. The van der Waals surface area contributed by atoms with Crippen molar-refractivity contribution >= 4 is 28.2 Å². The summed E-state index contributed by atoms with van der Waals surface area (Å²) in [6.45, 7) is 4.54. The van der Waals surface area contributed by atoms with Crippen LogP contribution in [-0.2, 0) is 4.79 Å². The molecule has 0 saturated heterocycles. The highest BCUT2D eigenvalue weighted by atomic mass is 16.5. The second kappa shape index (κ2) is 8.34. The largest absolute Gasteiger partial charge is 0.491 e. The summed E-state index contributed by atoms with van der Waals surface area (Å²) in [5, 5.41) is 7.19. The molecule has 0 bridgehead atoms. The Balaban J connectivity index is 1.51. The minimum Gasteiger partial charge on any atom is -0.491 e. The van der Waals surface area contributed by atoms with Crippen LogP contribution in [0.3, 0.4) is 0 Å². The third-order valence-electron chi connectivity index (χ3n) is 3.81. The Morgan fingerprint density at radius 3 is 2.62 bits per heavy atom. The van der Waals surface area contributed by atoms with Crippen molar-refractivity contribution in [1.82, 2.24) is 4.98 Å². The molecule has 1 aromatic heterocycles. The summed E-state index contributed by atoms with van der Waals surface area (Å²) >= 11 is 0. The number of nitrogens with zero attached hydrogens (tertiary/aromatic N) is 1. The SMILES string of the molecule is CC(C)Oc1ccc(NCCC(=O)Nc2cccc3cccnc23)cc1. The van der Waals surface area contributed by atoms with Crippen LogP contribution in [0.1, 0.15) is 20.3 Å². The zero-order valence-electron chi connectivity index (χ0n) is 15.0. The first-order valence-corrected chi connectivity index (χ1v) is 8.76. The van der Waals surface area contributed by atoms with Crippen molar-refractivity contribution in [2.75, 3.05) is 17.2 Å². The number of ether oxygens (including phenoxy) is 1. The molecule has 0 atom stereocenters. The number of para-hydroxylation sites is 1. The number of carbonyl (C=O) groups is 1. The van der Waals surface area contributed by atoms with E-state index in [0.717, 1.165) is 28.0 Å². The average molecular weight is 349 g/mol. The standard InChI is InChI=1S/C21H23N3O2/c1-15(2)26-18-10-8-17(9-11-18)22-14-12-20(25)24-19-7-3-5-16-6-4-13-23-21(16)19/h3-11,13,15,22H,12,14H2,1-2H3,(H,24,25). The first-order chi connectivity index (χ1) is 12.6. The van der Waals surface area contributed by atoms with Crippen LogP contribution in [0, 0.1) is 0 Å². The van der Waals surface area contributed by atoms with Crippen molar-refractivity contribution in [2.45, 2.75) is 26.4 Å². The molecule has 0 aliphatic rings. The molecule has 0 radical (unpaired) electrons. The fourth-order valence-corrected chi connectivity index (χ4v) is 2.66. The zero-order chi connectivity index (χ0) is 18.4. The Kier molecular flexibility index (Phi) is 5.69. The normalized spacial score (nSPS) is 10.7. The van der Waals surface area contributed by atoms with Crippen LogP contribution in [0.2, 0.25) is 0 Å². The Bertz CT molecular complexity index is 871. The molecule has 5 nitrogen and oxygen atoms in total. The number of carbonyl (C=O) groups excluding carboxylic acids is 1. The summed E-state index contributed by atoms with van der Waals surface area (Å²) in [6, 6.07) is 17.4. The molecule has 0 aliphatic carbocycles. The van der Waals surface area contributed by atoms with Gasteiger partial charge in [-0.15, -0.1) is 0 Å². The van der Waals surface area contributed by atoms with E-state index in [9.17, 15) is 4.79 Å². The molecular formula is C21H23N3O2. The Labute approximate surface area is 153 Å². The summed E-state index contributed by atoms with van der Waals surface area (Å²) in [6.07, 6.45) is 2.25. The number of amides is 1. The van der Waals surface area contributed by atoms with Gasteiger partial charge in [0.05, 0.1) is 17.3 Å². The summed E-state index contributed by atoms with van der Waals surface area (Å²) in [4.78, 5) is 16.6. The third kappa shape index (κ3) is 4.72. The van der Waals surface area contributed by atoms with E-state index in [1.165, 1.54) is 0 Å². The maximum Gasteiger partial charge on any atom is 0.226 e. The highest BCUT2D eigenvalue weighted by Crippen LogP contribution is 2.21. The lowest BCUT2D eigenvalue weighted by molar-refractivity contribution is -0.115. The van der Waals surface area contributed by atoms with E-state index >= 15 is 0 Å². The van der Waals surface area contributed by atoms with Gasteiger partial charge in [0.1, 0.15) is 5.75 Å². The molecular weight excluding hydrogens is 326 g/mol. The molecule has 0 saturated carbocycles. The summed E-state index contributed by atoms with van der Waals surface area (Å²) in [5.74, 6) is 0.794. The van der Waals surface area contributed by atoms with Crippen molar-refractivity contribution < 1.29 is 9.53 Å². The molecule has 134 valence electrons. The molecule has 2 aromatic carbocycles. The van der Waals surface area contributed by atoms with Crippen molar-refractivity contribution in [3.05, 3.63) is 60.8 Å². The van der Waals surface area contributed by atoms with E-state index < -0.39 is 0 Å². The number of nitrogens with one attached hydrogen (secondary N) is 2. The lowest BCUT2D eigenvalue weighted by atomic mass is 10.2. The second-order valence-corrected chi connectivity index (χ2v) is 6.30. The molecule has 26 heavy (non-hydrogen) atoms. The van der Waals surface area contributed by atoms with Crippen LogP contribution in [0.15, 0.2) is 60.8 Å². The number of rotatable bonds is 7. The molecule has 1 amide bonds. The molecule has 3 aromatic rings. The van der Waals surface area contributed by atoms with Crippen molar-refractivity contribution in [3.8, 4) is 5.75 Å². The Morgan fingerprint density at radius 2 is 1.85 bits per heavy atom. The van der Waals surface area contributed by atoms with E-state index in [1.54, 1.807) is 6.20 Å². The molecule has 3 rings (SSSR count). The minimum atomic E-state index is -0.0459.